The van der Waals surface area contributed by atoms with Crippen LogP contribution >= 0.6 is 23.7 Å². The molecule has 0 radical (unpaired) electrons. The summed E-state index contributed by atoms with van der Waals surface area (Å²) in [6, 6.07) is 10.0. The number of carbonyl (C=O) groups excluding carboxylic acids is 1. The molecule has 25 heavy (non-hydrogen) atoms. The van der Waals surface area contributed by atoms with Gasteiger partial charge in [0, 0.05) is 19.6 Å². The van der Waals surface area contributed by atoms with Crippen LogP contribution in [-0.2, 0) is 9.53 Å². The highest BCUT2D eigenvalue weighted by Gasteiger charge is 2.30. The number of ether oxygens (including phenoxy) is 1. The first-order chi connectivity index (χ1) is 11.7. The smallest absolute Gasteiger partial charge is 0.243 e. The van der Waals surface area contributed by atoms with Gasteiger partial charge < -0.3 is 10.1 Å². The van der Waals surface area contributed by atoms with Gasteiger partial charge in [-0.3, -0.25) is 10.1 Å². The molecule has 2 N–H and O–H groups in total. The molecule has 6 nitrogen and oxygen atoms in total. The molecule has 1 aromatic heterocycles. The SMILES string of the molecule is CCC(c1ccccc1)c1nnc(NC(=O)[C@H]2C[C@H](OC)CN2)s1.Cl. The fraction of sp³-hybridized carbons (Fsp3) is 0.471. The number of nitrogens with zero attached hydrogens (tertiary/aromatic N) is 2. The first-order valence-corrected chi connectivity index (χ1v) is 8.98. The summed E-state index contributed by atoms with van der Waals surface area (Å²) >= 11 is 1.44. The number of nitrogens with one attached hydrogen (secondary N) is 2. The minimum absolute atomic E-state index is 0. The molecular formula is C17H23ClN4O2S. The molecule has 3 rings (SSSR count). The van der Waals surface area contributed by atoms with Crippen LogP contribution in [-0.4, -0.2) is 41.9 Å². The zero-order valence-electron chi connectivity index (χ0n) is 14.3. The van der Waals surface area contributed by atoms with Crippen LogP contribution in [0.3, 0.4) is 0 Å². The first kappa shape index (κ1) is 19.8. The molecule has 1 fully saturated rings. The Bertz CT molecular complexity index is 682. The average Bonchev–Trinajstić information content (AvgIpc) is 3.26. The van der Waals surface area contributed by atoms with Gasteiger partial charge in [-0.25, -0.2) is 0 Å². The number of aromatic nitrogens is 2. The maximum absolute atomic E-state index is 12.3. The van der Waals surface area contributed by atoms with E-state index in [0.29, 0.717) is 18.1 Å². The van der Waals surface area contributed by atoms with Crippen molar-refractivity contribution in [3.8, 4) is 0 Å². The van der Waals surface area contributed by atoms with Crippen molar-refractivity contribution >= 4 is 34.8 Å². The number of anilines is 1. The van der Waals surface area contributed by atoms with Crippen LogP contribution in [0.2, 0.25) is 0 Å². The van der Waals surface area contributed by atoms with Crippen LogP contribution < -0.4 is 10.6 Å². The number of carbonyl (C=O) groups is 1. The van der Waals surface area contributed by atoms with E-state index in [1.807, 2.05) is 18.2 Å². The second kappa shape index (κ2) is 9.24. The van der Waals surface area contributed by atoms with Crippen molar-refractivity contribution in [1.82, 2.24) is 15.5 Å². The van der Waals surface area contributed by atoms with E-state index in [1.54, 1.807) is 7.11 Å². The number of amides is 1. The Labute approximate surface area is 157 Å². The Balaban J connectivity index is 0.00000225. The molecule has 0 saturated carbocycles. The van der Waals surface area contributed by atoms with Gasteiger partial charge in [0.25, 0.3) is 0 Å². The third-order valence-electron chi connectivity index (χ3n) is 4.32. The predicted molar refractivity (Wildman–Crippen MR) is 102 cm³/mol. The van der Waals surface area contributed by atoms with Crippen LogP contribution in [0, 0.1) is 0 Å². The maximum atomic E-state index is 12.3. The molecule has 1 saturated heterocycles. The molecule has 8 heteroatoms. The lowest BCUT2D eigenvalue weighted by molar-refractivity contribution is -0.118. The monoisotopic (exact) mass is 382 g/mol. The maximum Gasteiger partial charge on any atom is 0.243 e. The molecular weight excluding hydrogens is 360 g/mol. The van der Waals surface area contributed by atoms with E-state index >= 15 is 0 Å². The van der Waals surface area contributed by atoms with Crippen molar-refractivity contribution in [3.05, 3.63) is 40.9 Å². The van der Waals surface area contributed by atoms with E-state index in [-0.39, 0.29) is 36.4 Å². The van der Waals surface area contributed by atoms with Crippen molar-refractivity contribution in [2.24, 2.45) is 0 Å². The lowest BCUT2D eigenvalue weighted by Crippen LogP contribution is -2.35. The second-order valence-electron chi connectivity index (χ2n) is 5.86. The summed E-state index contributed by atoms with van der Waals surface area (Å²) in [7, 11) is 1.66. The van der Waals surface area contributed by atoms with Crippen molar-refractivity contribution in [3.63, 3.8) is 0 Å². The van der Waals surface area contributed by atoms with Gasteiger partial charge in [-0.05, 0) is 18.4 Å². The molecule has 0 spiro atoms. The second-order valence-corrected chi connectivity index (χ2v) is 6.87. The van der Waals surface area contributed by atoms with Gasteiger partial charge in [0.05, 0.1) is 12.1 Å². The van der Waals surface area contributed by atoms with E-state index in [0.717, 1.165) is 11.4 Å². The largest absolute Gasteiger partial charge is 0.380 e. The molecule has 3 atom stereocenters. The van der Waals surface area contributed by atoms with E-state index < -0.39 is 0 Å². The minimum atomic E-state index is -0.238. The zero-order chi connectivity index (χ0) is 16.9. The van der Waals surface area contributed by atoms with Crippen LogP contribution in [0.4, 0.5) is 5.13 Å². The first-order valence-electron chi connectivity index (χ1n) is 8.16. The van der Waals surface area contributed by atoms with Gasteiger partial charge in [-0.1, -0.05) is 48.6 Å². The predicted octanol–water partition coefficient (Wildman–Crippen LogP) is 2.82. The highest BCUT2D eigenvalue weighted by molar-refractivity contribution is 7.15. The highest BCUT2D eigenvalue weighted by atomic mass is 35.5. The Kier molecular flexibility index (Phi) is 7.31. The van der Waals surface area contributed by atoms with Gasteiger partial charge in [0.2, 0.25) is 11.0 Å². The van der Waals surface area contributed by atoms with E-state index in [2.05, 4.69) is 39.9 Å². The zero-order valence-corrected chi connectivity index (χ0v) is 15.9. The van der Waals surface area contributed by atoms with E-state index in [9.17, 15) is 4.79 Å². The summed E-state index contributed by atoms with van der Waals surface area (Å²) in [6.45, 7) is 2.83. The lowest BCUT2D eigenvalue weighted by Gasteiger charge is -2.11. The number of hydrogen-bond donors (Lipinski definition) is 2. The van der Waals surface area contributed by atoms with E-state index in [4.69, 9.17) is 4.74 Å². The van der Waals surface area contributed by atoms with Gasteiger partial charge in [-0.2, -0.15) is 0 Å². The normalized spacial score (nSPS) is 20.7. The molecule has 0 aliphatic carbocycles. The van der Waals surface area contributed by atoms with Crippen molar-refractivity contribution < 1.29 is 9.53 Å². The highest BCUT2D eigenvalue weighted by Crippen LogP contribution is 2.31. The van der Waals surface area contributed by atoms with Gasteiger partial charge >= 0.3 is 0 Å². The standard InChI is InChI=1S/C17H22N4O2S.ClH/c1-3-13(11-7-5-4-6-8-11)16-20-21-17(24-16)19-15(22)14-9-12(23-2)10-18-14;/h4-8,12-14,18H,3,9-10H2,1-2H3,(H,19,21,22);1H/t12-,13?,14+;/m0./s1. The number of rotatable bonds is 6. The van der Waals surface area contributed by atoms with Gasteiger partial charge in [0.15, 0.2) is 0 Å². The molecule has 0 bridgehead atoms. The topological polar surface area (TPSA) is 76.1 Å². The molecule has 1 aromatic carbocycles. The fourth-order valence-electron chi connectivity index (χ4n) is 2.94. The molecule has 1 aliphatic rings. The molecule has 1 unspecified atom stereocenters. The fourth-order valence-corrected chi connectivity index (χ4v) is 3.90. The number of benzene rings is 1. The molecule has 1 aliphatic heterocycles. The van der Waals surface area contributed by atoms with Gasteiger partial charge in [0.1, 0.15) is 5.01 Å². The van der Waals surface area contributed by atoms with Crippen molar-refractivity contribution in [1.29, 1.82) is 0 Å². The third kappa shape index (κ3) is 4.76. The number of halogens is 1. The summed E-state index contributed by atoms with van der Waals surface area (Å²) in [4.78, 5) is 12.3. The Morgan fingerprint density at radius 3 is 2.80 bits per heavy atom. The van der Waals surface area contributed by atoms with Crippen LogP contribution in [0.1, 0.15) is 36.3 Å². The molecule has 2 aromatic rings. The number of hydrogen-bond acceptors (Lipinski definition) is 6. The van der Waals surface area contributed by atoms with Crippen molar-refractivity contribution in [2.45, 2.75) is 37.8 Å². The Morgan fingerprint density at radius 2 is 2.16 bits per heavy atom. The quantitative estimate of drug-likeness (QED) is 0.803. The summed E-state index contributed by atoms with van der Waals surface area (Å²) < 4.78 is 5.27. The summed E-state index contributed by atoms with van der Waals surface area (Å²) in [5.41, 5.74) is 1.22. The lowest BCUT2D eigenvalue weighted by atomic mass is 9.97. The average molecular weight is 383 g/mol. The Hall–Kier alpha value is -1.54. The van der Waals surface area contributed by atoms with Crippen LogP contribution in [0.5, 0.6) is 0 Å². The van der Waals surface area contributed by atoms with Crippen LogP contribution in [0.15, 0.2) is 30.3 Å². The Morgan fingerprint density at radius 1 is 1.40 bits per heavy atom. The summed E-state index contributed by atoms with van der Waals surface area (Å²) in [6.07, 6.45) is 1.70. The third-order valence-corrected chi connectivity index (χ3v) is 5.27. The summed E-state index contributed by atoms with van der Waals surface area (Å²) in [5.74, 6) is 0.127. The number of methoxy groups -OCH3 is 1. The molecule has 1 amide bonds. The molecule has 2 heterocycles. The van der Waals surface area contributed by atoms with Gasteiger partial charge in [-0.15, -0.1) is 22.6 Å². The van der Waals surface area contributed by atoms with Crippen LogP contribution in [0.25, 0.3) is 0 Å². The minimum Gasteiger partial charge on any atom is -0.380 e. The van der Waals surface area contributed by atoms with E-state index in [1.165, 1.54) is 16.9 Å². The van der Waals surface area contributed by atoms with Crippen molar-refractivity contribution in [2.75, 3.05) is 19.0 Å². The summed E-state index contributed by atoms with van der Waals surface area (Å²) in [5, 5.41) is 15.9. The molecule has 136 valence electrons.